The summed E-state index contributed by atoms with van der Waals surface area (Å²) in [6, 6.07) is 9.16. The van der Waals surface area contributed by atoms with Crippen molar-refractivity contribution in [1.82, 2.24) is 0 Å². The molecule has 0 radical (unpaired) electrons. The lowest BCUT2D eigenvalue weighted by molar-refractivity contribution is 0.163. The average molecular weight is 284 g/mol. The van der Waals surface area contributed by atoms with Crippen LogP contribution in [0.2, 0.25) is 0 Å². The fraction of sp³-hybridized carbons (Fsp3) is 0.714. The third-order valence-electron chi connectivity index (χ3n) is 6.17. The van der Waals surface area contributed by atoms with Gasteiger partial charge in [0.2, 0.25) is 0 Å². The maximum atomic E-state index is 2.32. The van der Waals surface area contributed by atoms with Gasteiger partial charge in [0, 0.05) is 0 Å². The summed E-state index contributed by atoms with van der Waals surface area (Å²) in [5.74, 6) is 3.18. The minimum atomic E-state index is 1.01. The van der Waals surface area contributed by atoms with Crippen molar-refractivity contribution >= 4 is 0 Å². The van der Waals surface area contributed by atoms with E-state index in [0.29, 0.717) is 0 Å². The van der Waals surface area contributed by atoms with Crippen molar-refractivity contribution < 1.29 is 0 Å². The molecule has 0 atom stereocenters. The summed E-state index contributed by atoms with van der Waals surface area (Å²) in [5.41, 5.74) is 2.92. The van der Waals surface area contributed by atoms with Gasteiger partial charge >= 0.3 is 0 Å². The van der Waals surface area contributed by atoms with Gasteiger partial charge in [-0.25, -0.2) is 0 Å². The topological polar surface area (TPSA) is 0 Å². The smallest absolute Gasteiger partial charge is 0.0276 e. The van der Waals surface area contributed by atoms with Gasteiger partial charge in [-0.1, -0.05) is 74.8 Å². The molecule has 0 spiro atoms. The van der Waals surface area contributed by atoms with E-state index < -0.39 is 0 Å². The van der Waals surface area contributed by atoms with Crippen molar-refractivity contribution in [2.24, 2.45) is 17.8 Å². The van der Waals surface area contributed by atoms with Crippen LogP contribution in [0.25, 0.3) is 0 Å². The number of benzene rings is 1. The summed E-state index contributed by atoms with van der Waals surface area (Å²) in [4.78, 5) is 0. The Morgan fingerprint density at radius 2 is 1.38 bits per heavy atom. The van der Waals surface area contributed by atoms with E-state index in [4.69, 9.17) is 0 Å². The molecule has 0 amide bonds. The van der Waals surface area contributed by atoms with Crippen molar-refractivity contribution in [1.29, 1.82) is 0 Å². The second kappa shape index (κ2) is 7.47. The largest absolute Gasteiger partial charge is 0.0591 e. The van der Waals surface area contributed by atoms with Gasteiger partial charge in [0.15, 0.2) is 0 Å². The molecule has 0 heterocycles. The normalized spacial score (nSPS) is 27.7. The van der Waals surface area contributed by atoms with Gasteiger partial charge in [0.1, 0.15) is 0 Å². The highest BCUT2D eigenvalue weighted by Gasteiger charge is 2.28. The molecule has 0 aromatic heterocycles. The molecule has 2 saturated carbocycles. The maximum Gasteiger partial charge on any atom is -0.0276 e. The molecular formula is C21H32. The second-order valence-electron chi connectivity index (χ2n) is 7.70. The van der Waals surface area contributed by atoms with E-state index in [1.165, 1.54) is 68.9 Å². The molecule has 2 aliphatic rings. The molecule has 2 fully saturated rings. The molecule has 21 heavy (non-hydrogen) atoms. The number of hydrogen-bond acceptors (Lipinski definition) is 0. The Labute approximate surface area is 131 Å². The minimum absolute atomic E-state index is 1.01. The van der Waals surface area contributed by atoms with Crippen LogP contribution in [-0.4, -0.2) is 0 Å². The van der Waals surface area contributed by atoms with E-state index in [1.54, 1.807) is 12.8 Å². The van der Waals surface area contributed by atoms with E-state index in [0.717, 1.165) is 17.8 Å². The zero-order valence-electron chi connectivity index (χ0n) is 13.8. The minimum Gasteiger partial charge on any atom is -0.0591 e. The zero-order chi connectivity index (χ0) is 14.5. The Balaban J connectivity index is 1.40. The lowest BCUT2D eigenvalue weighted by Gasteiger charge is -2.36. The molecular weight excluding hydrogens is 252 g/mol. The zero-order valence-corrected chi connectivity index (χ0v) is 13.8. The summed E-state index contributed by atoms with van der Waals surface area (Å²) in [6.45, 7) is 2.18. The van der Waals surface area contributed by atoms with Crippen LogP contribution in [0, 0.1) is 24.7 Å². The maximum absolute atomic E-state index is 2.32. The predicted octanol–water partition coefficient (Wildman–Crippen LogP) is 6.31. The molecule has 0 N–H and O–H groups in total. The molecule has 2 aliphatic carbocycles. The first-order valence-electron chi connectivity index (χ1n) is 9.37. The molecule has 3 rings (SSSR count). The number of aryl methyl sites for hydroxylation is 2. The summed E-state index contributed by atoms with van der Waals surface area (Å²) in [6.07, 6.45) is 16.4. The highest BCUT2D eigenvalue weighted by Crippen LogP contribution is 2.40. The summed E-state index contributed by atoms with van der Waals surface area (Å²) in [7, 11) is 0. The summed E-state index contributed by atoms with van der Waals surface area (Å²) in [5, 5.41) is 0. The third-order valence-corrected chi connectivity index (χ3v) is 6.17. The van der Waals surface area contributed by atoms with Crippen molar-refractivity contribution in [3.05, 3.63) is 35.4 Å². The standard InChI is InChI=1S/C21H32/c1-17-7-9-18(10-8-17)11-12-19-13-15-21(16-14-19)20-5-3-2-4-6-20/h7-10,19-21H,2-6,11-16H2,1H3. The van der Waals surface area contributed by atoms with E-state index in [9.17, 15) is 0 Å². The lowest BCUT2D eigenvalue weighted by atomic mass is 9.70. The van der Waals surface area contributed by atoms with Crippen molar-refractivity contribution in [2.45, 2.75) is 77.6 Å². The molecule has 0 heteroatoms. The molecule has 116 valence electrons. The van der Waals surface area contributed by atoms with Crippen LogP contribution >= 0.6 is 0 Å². The van der Waals surface area contributed by atoms with Crippen LogP contribution in [0.4, 0.5) is 0 Å². The van der Waals surface area contributed by atoms with Crippen LogP contribution < -0.4 is 0 Å². The van der Waals surface area contributed by atoms with Crippen molar-refractivity contribution in [3.8, 4) is 0 Å². The number of hydrogen-bond donors (Lipinski definition) is 0. The van der Waals surface area contributed by atoms with E-state index >= 15 is 0 Å². The molecule has 1 aromatic carbocycles. The lowest BCUT2D eigenvalue weighted by Crippen LogP contribution is -2.23. The first-order valence-corrected chi connectivity index (χ1v) is 9.37. The van der Waals surface area contributed by atoms with E-state index in [-0.39, 0.29) is 0 Å². The average Bonchev–Trinajstić information content (AvgIpc) is 2.56. The second-order valence-corrected chi connectivity index (χ2v) is 7.70. The van der Waals surface area contributed by atoms with E-state index in [2.05, 4.69) is 31.2 Å². The first kappa shape index (κ1) is 15.1. The van der Waals surface area contributed by atoms with Crippen molar-refractivity contribution in [2.75, 3.05) is 0 Å². The van der Waals surface area contributed by atoms with Gasteiger partial charge < -0.3 is 0 Å². The van der Waals surface area contributed by atoms with Crippen LogP contribution in [-0.2, 0) is 6.42 Å². The van der Waals surface area contributed by atoms with Crippen LogP contribution in [0.5, 0.6) is 0 Å². The quantitative estimate of drug-likeness (QED) is 0.607. The van der Waals surface area contributed by atoms with Crippen LogP contribution in [0.1, 0.15) is 75.3 Å². The van der Waals surface area contributed by atoms with Gasteiger partial charge in [-0.05, 0) is 55.9 Å². The fourth-order valence-corrected chi connectivity index (χ4v) is 4.68. The fourth-order valence-electron chi connectivity index (χ4n) is 4.68. The molecule has 1 aromatic rings. The Kier molecular flexibility index (Phi) is 5.38. The van der Waals surface area contributed by atoms with Gasteiger partial charge in [0.05, 0.1) is 0 Å². The van der Waals surface area contributed by atoms with Gasteiger partial charge in [-0.15, -0.1) is 0 Å². The van der Waals surface area contributed by atoms with Crippen molar-refractivity contribution in [3.63, 3.8) is 0 Å². The van der Waals surface area contributed by atoms with Gasteiger partial charge in [-0.3, -0.25) is 0 Å². The molecule has 0 bridgehead atoms. The van der Waals surface area contributed by atoms with Crippen LogP contribution in [0.3, 0.4) is 0 Å². The first-order chi connectivity index (χ1) is 10.3. The predicted molar refractivity (Wildman–Crippen MR) is 91.5 cm³/mol. The molecule has 0 nitrogen and oxygen atoms in total. The summed E-state index contributed by atoms with van der Waals surface area (Å²) < 4.78 is 0. The third kappa shape index (κ3) is 4.34. The SMILES string of the molecule is Cc1ccc(CCC2CCC(C3CCCCC3)CC2)cc1. The highest BCUT2D eigenvalue weighted by molar-refractivity contribution is 5.21. The summed E-state index contributed by atoms with van der Waals surface area (Å²) >= 11 is 0. The van der Waals surface area contributed by atoms with Crippen LogP contribution in [0.15, 0.2) is 24.3 Å². The molecule has 0 aliphatic heterocycles. The Morgan fingerprint density at radius 1 is 0.762 bits per heavy atom. The Bertz CT molecular complexity index is 402. The van der Waals surface area contributed by atoms with Gasteiger partial charge in [0.25, 0.3) is 0 Å². The monoisotopic (exact) mass is 284 g/mol. The molecule has 0 saturated heterocycles. The number of rotatable bonds is 4. The van der Waals surface area contributed by atoms with Gasteiger partial charge in [-0.2, -0.15) is 0 Å². The Morgan fingerprint density at radius 3 is 2.05 bits per heavy atom. The highest BCUT2D eigenvalue weighted by atomic mass is 14.3. The Hall–Kier alpha value is -0.780. The molecule has 0 unspecified atom stereocenters. The van der Waals surface area contributed by atoms with E-state index in [1.807, 2.05) is 0 Å².